The second kappa shape index (κ2) is 7.34. The summed E-state index contributed by atoms with van der Waals surface area (Å²) in [4.78, 5) is 9.83. The van der Waals surface area contributed by atoms with E-state index >= 15 is 0 Å². The zero-order valence-electron chi connectivity index (χ0n) is 12.6. The van der Waals surface area contributed by atoms with E-state index < -0.39 is 50.7 Å². The quantitative estimate of drug-likeness (QED) is 0.244. The van der Waals surface area contributed by atoms with Gasteiger partial charge in [-0.05, 0) is 24.4 Å². The molecule has 2 N–H and O–H groups in total. The van der Waals surface area contributed by atoms with E-state index in [0.717, 1.165) is 24.3 Å². The highest BCUT2D eigenvalue weighted by Gasteiger charge is 2.42. The number of benzene rings is 2. The summed E-state index contributed by atoms with van der Waals surface area (Å²) in [6.07, 6.45) is -5.66. The van der Waals surface area contributed by atoms with Gasteiger partial charge in [-0.1, -0.05) is 0 Å². The van der Waals surface area contributed by atoms with Crippen molar-refractivity contribution in [2.24, 2.45) is 0 Å². The lowest BCUT2D eigenvalue weighted by molar-refractivity contribution is -0.384. The van der Waals surface area contributed by atoms with E-state index in [1.165, 1.54) is 0 Å². The largest absolute Gasteiger partial charge is 0.422 e. The van der Waals surface area contributed by atoms with Gasteiger partial charge >= 0.3 is 6.18 Å². The summed E-state index contributed by atoms with van der Waals surface area (Å²) >= 11 is 4.66. The van der Waals surface area contributed by atoms with E-state index in [2.05, 4.69) is 17.5 Å². The van der Waals surface area contributed by atoms with Gasteiger partial charge in [0, 0.05) is 17.8 Å². The Balaban J connectivity index is 2.29. The van der Waals surface area contributed by atoms with Gasteiger partial charge in [0.15, 0.2) is 28.4 Å². The first-order valence-corrected chi connectivity index (χ1v) is 7.10. The first-order chi connectivity index (χ1) is 12.4. The molecule has 5 nitrogen and oxygen atoms in total. The molecule has 0 spiro atoms. The van der Waals surface area contributed by atoms with Crippen LogP contribution in [-0.4, -0.2) is 10.0 Å². The number of alkyl halides is 3. The number of nitrogens with zero attached hydrogens (tertiary/aromatic N) is 1. The van der Waals surface area contributed by atoms with Crippen LogP contribution in [0.1, 0.15) is 5.56 Å². The van der Waals surface area contributed by atoms with Crippen molar-refractivity contribution >= 4 is 34.4 Å². The van der Waals surface area contributed by atoms with Gasteiger partial charge in [0.2, 0.25) is 0 Å². The molecule has 0 saturated carbocycles. The first kappa shape index (κ1) is 20.4. The Morgan fingerprint density at radius 2 is 1.41 bits per heavy atom. The molecular weight excluding hydrogens is 407 g/mol. The van der Waals surface area contributed by atoms with Crippen molar-refractivity contribution < 1.29 is 35.7 Å². The van der Waals surface area contributed by atoms with E-state index in [0.29, 0.717) is 0 Å². The molecule has 0 aliphatic heterocycles. The molecule has 0 aromatic heterocycles. The molecule has 13 heteroatoms. The molecule has 0 aliphatic carbocycles. The van der Waals surface area contributed by atoms with Crippen molar-refractivity contribution in [1.82, 2.24) is 0 Å². The molecular formula is C14H6F7N3O2S. The van der Waals surface area contributed by atoms with E-state index in [4.69, 9.17) is 0 Å². The number of hydrogen-bond acceptors (Lipinski definition) is 3. The lowest BCUT2D eigenvalue weighted by Gasteiger charge is -2.16. The number of nitro groups is 1. The van der Waals surface area contributed by atoms with Gasteiger partial charge in [-0.3, -0.25) is 10.1 Å². The number of non-ortho nitro benzene ring substituents is 1. The second-order valence-corrected chi connectivity index (χ2v) is 5.30. The topological polar surface area (TPSA) is 67.2 Å². The molecule has 0 saturated heterocycles. The summed E-state index contributed by atoms with van der Waals surface area (Å²) in [5.41, 5.74) is -4.47. The summed E-state index contributed by atoms with van der Waals surface area (Å²) in [5, 5.41) is 13.9. The number of rotatable bonds is 3. The lowest BCUT2D eigenvalue weighted by atomic mass is 10.1. The van der Waals surface area contributed by atoms with Crippen LogP contribution in [0.4, 0.5) is 47.8 Å². The molecule has 0 amide bonds. The second-order valence-electron chi connectivity index (χ2n) is 4.89. The van der Waals surface area contributed by atoms with Crippen molar-refractivity contribution in [1.29, 1.82) is 0 Å². The molecule has 2 rings (SSSR count). The summed E-state index contributed by atoms with van der Waals surface area (Å²) in [5.74, 6) is -9.92. The SMILES string of the molecule is O=[N+]([O-])c1ccc(NC(=S)Nc2c(F)c(F)c(C(F)(F)F)c(F)c2F)cc1. The van der Waals surface area contributed by atoms with Gasteiger partial charge in [0.1, 0.15) is 11.3 Å². The number of hydrogen-bond donors (Lipinski definition) is 2. The normalized spacial score (nSPS) is 11.2. The Morgan fingerprint density at radius 1 is 0.926 bits per heavy atom. The molecule has 0 unspecified atom stereocenters. The fraction of sp³-hybridized carbons (Fsp3) is 0.0714. The van der Waals surface area contributed by atoms with Crippen molar-refractivity contribution in [3.05, 3.63) is 63.2 Å². The summed E-state index contributed by atoms with van der Waals surface area (Å²) in [6.45, 7) is 0. The van der Waals surface area contributed by atoms with Gasteiger partial charge in [-0.25, -0.2) is 17.6 Å². The van der Waals surface area contributed by atoms with Crippen LogP contribution in [-0.2, 0) is 6.18 Å². The third-order valence-corrected chi connectivity index (χ3v) is 3.33. The maximum absolute atomic E-state index is 13.8. The van der Waals surface area contributed by atoms with Crippen molar-refractivity contribution in [2.45, 2.75) is 6.18 Å². The molecule has 0 fully saturated rings. The Morgan fingerprint density at radius 3 is 1.81 bits per heavy atom. The molecule has 2 aromatic carbocycles. The molecule has 0 heterocycles. The summed E-state index contributed by atoms with van der Waals surface area (Å²) in [6, 6.07) is 4.44. The maximum Gasteiger partial charge on any atom is 0.422 e. The third kappa shape index (κ3) is 4.24. The zero-order valence-corrected chi connectivity index (χ0v) is 13.4. The van der Waals surface area contributed by atoms with Gasteiger partial charge in [0.05, 0.1) is 4.92 Å². The van der Waals surface area contributed by atoms with Crippen LogP contribution >= 0.6 is 12.2 Å². The molecule has 144 valence electrons. The molecule has 2 aromatic rings. The maximum atomic E-state index is 13.8. The highest BCUT2D eigenvalue weighted by Crippen LogP contribution is 2.38. The van der Waals surface area contributed by atoms with Gasteiger partial charge < -0.3 is 10.6 Å². The molecule has 0 bridgehead atoms. The zero-order chi connectivity index (χ0) is 20.5. The van der Waals surface area contributed by atoms with Crippen LogP contribution in [0, 0.1) is 33.4 Å². The van der Waals surface area contributed by atoms with E-state index in [9.17, 15) is 40.8 Å². The van der Waals surface area contributed by atoms with Crippen LogP contribution < -0.4 is 10.6 Å². The smallest absolute Gasteiger partial charge is 0.332 e. The minimum absolute atomic E-state index is 0.0896. The van der Waals surface area contributed by atoms with Gasteiger partial charge in [-0.15, -0.1) is 0 Å². The number of halogens is 7. The Hall–Kier alpha value is -2.96. The fourth-order valence-corrected chi connectivity index (χ4v) is 2.15. The minimum Gasteiger partial charge on any atom is -0.332 e. The lowest BCUT2D eigenvalue weighted by Crippen LogP contribution is -2.23. The van der Waals surface area contributed by atoms with Crippen molar-refractivity contribution in [3.8, 4) is 0 Å². The van der Waals surface area contributed by atoms with E-state index in [-0.39, 0.29) is 11.4 Å². The summed E-state index contributed by atoms with van der Waals surface area (Å²) < 4.78 is 92.2. The van der Waals surface area contributed by atoms with Crippen LogP contribution in [0.3, 0.4) is 0 Å². The van der Waals surface area contributed by atoms with E-state index in [1.807, 2.05) is 0 Å². The van der Waals surface area contributed by atoms with Gasteiger partial charge in [0.25, 0.3) is 5.69 Å². The average Bonchev–Trinajstić information content (AvgIpc) is 2.56. The predicted molar refractivity (Wildman–Crippen MR) is 84.2 cm³/mol. The van der Waals surface area contributed by atoms with Crippen molar-refractivity contribution in [3.63, 3.8) is 0 Å². The Labute approximate surface area is 150 Å². The predicted octanol–water partition coefficient (Wildman–Crippen LogP) is 4.98. The van der Waals surface area contributed by atoms with Crippen LogP contribution in [0.15, 0.2) is 24.3 Å². The monoisotopic (exact) mass is 413 g/mol. The fourth-order valence-electron chi connectivity index (χ4n) is 1.93. The highest BCUT2D eigenvalue weighted by atomic mass is 32.1. The van der Waals surface area contributed by atoms with Gasteiger partial charge in [-0.2, -0.15) is 13.2 Å². The Bertz CT molecular complexity index is 887. The number of nitrogens with one attached hydrogen (secondary N) is 2. The van der Waals surface area contributed by atoms with Crippen LogP contribution in [0.2, 0.25) is 0 Å². The minimum atomic E-state index is -5.66. The highest BCUT2D eigenvalue weighted by molar-refractivity contribution is 7.80. The molecule has 0 radical (unpaired) electrons. The van der Waals surface area contributed by atoms with E-state index in [1.54, 1.807) is 5.32 Å². The van der Waals surface area contributed by atoms with Crippen LogP contribution in [0.25, 0.3) is 0 Å². The molecule has 0 atom stereocenters. The van der Waals surface area contributed by atoms with Crippen LogP contribution in [0.5, 0.6) is 0 Å². The first-order valence-electron chi connectivity index (χ1n) is 6.69. The Kier molecular flexibility index (Phi) is 5.54. The summed E-state index contributed by atoms with van der Waals surface area (Å²) in [7, 11) is 0. The molecule has 27 heavy (non-hydrogen) atoms. The average molecular weight is 413 g/mol. The third-order valence-electron chi connectivity index (χ3n) is 3.12. The number of thiocarbonyl (C=S) groups is 1. The standard InChI is InChI=1S/C14H6F7N3O2S/c15-8-7(14(19,20)21)9(16)11(18)12(10(8)17)23-13(27)22-5-1-3-6(4-2-5)24(25)26/h1-4H,(H2,22,23,27). The van der Waals surface area contributed by atoms with Crippen molar-refractivity contribution in [2.75, 3.05) is 10.6 Å². The molecule has 0 aliphatic rings. The number of nitro benzene ring substituents is 1. The number of anilines is 2.